The summed E-state index contributed by atoms with van der Waals surface area (Å²) in [5, 5.41) is 27.8. The predicted molar refractivity (Wildman–Crippen MR) is 88.1 cm³/mol. The molecular formula is C18H16N2O5. The number of benzene rings is 1. The van der Waals surface area contributed by atoms with Crippen LogP contribution in [-0.2, 0) is 5.41 Å². The van der Waals surface area contributed by atoms with Crippen LogP contribution < -0.4 is 4.74 Å². The van der Waals surface area contributed by atoms with Crippen LogP contribution in [0.15, 0.2) is 5.76 Å². The number of carbonyl (C=O) groups is 2. The molecule has 1 aliphatic carbocycles. The SMILES string of the molecule is CC(=O)c1c(O)c(C)c(O)c2c1OC1=Cc3n[nH]c(C)c3C(=O)[C@@]12C. The highest BCUT2D eigenvalue weighted by molar-refractivity contribution is 6.14. The van der Waals surface area contributed by atoms with Crippen LogP contribution in [-0.4, -0.2) is 32.0 Å². The maximum Gasteiger partial charge on any atom is 0.185 e. The molecule has 0 unspecified atom stereocenters. The molecule has 1 atom stereocenters. The van der Waals surface area contributed by atoms with Crippen molar-refractivity contribution in [3.63, 3.8) is 0 Å². The van der Waals surface area contributed by atoms with Gasteiger partial charge < -0.3 is 14.9 Å². The van der Waals surface area contributed by atoms with E-state index < -0.39 is 11.2 Å². The molecule has 0 bridgehead atoms. The van der Waals surface area contributed by atoms with Crippen LogP contribution in [0.25, 0.3) is 6.08 Å². The Morgan fingerprint density at radius 2 is 1.96 bits per heavy atom. The number of nitrogens with zero attached hydrogens (tertiary/aromatic N) is 1. The fourth-order valence-corrected chi connectivity index (χ4v) is 3.67. The van der Waals surface area contributed by atoms with Crippen LogP contribution in [0.1, 0.15) is 57.1 Å². The van der Waals surface area contributed by atoms with Crippen LogP contribution in [0, 0.1) is 13.8 Å². The highest BCUT2D eigenvalue weighted by Gasteiger charge is 2.55. The summed E-state index contributed by atoms with van der Waals surface area (Å²) >= 11 is 0. The summed E-state index contributed by atoms with van der Waals surface area (Å²) in [5.74, 6) is -0.979. The summed E-state index contributed by atoms with van der Waals surface area (Å²) in [6.45, 7) is 6.17. The Kier molecular flexibility index (Phi) is 2.78. The zero-order valence-electron chi connectivity index (χ0n) is 14.1. The molecule has 0 saturated carbocycles. The number of nitrogens with one attached hydrogen (secondary N) is 1. The molecule has 7 heteroatoms. The Labute approximate surface area is 142 Å². The molecule has 1 aliphatic heterocycles. The minimum atomic E-state index is -1.29. The molecule has 128 valence electrons. The van der Waals surface area contributed by atoms with E-state index in [0.29, 0.717) is 17.0 Å². The topological polar surface area (TPSA) is 113 Å². The fraction of sp³-hybridized carbons (Fsp3) is 0.278. The molecule has 4 rings (SSSR count). The van der Waals surface area contributed by atoms with Gasteiger partial charge in [0.2, 0.25) is 0 Å². The summed E-state index contributed by atoms with van der Waals surface area (Å²) in [6, 6.07) is 0. The van der Waals surface area contributed by atoms with Crippen molar-refractivity contribution in [1.82, 2.24) is 10.2 Å². The number of aromatic hydroxyl groups is 2. The summed E-state index contributed by atoms with van der Waals surface area (Å²) < 4.78 is 5.81. The number of phenolic OH excluding ortho intramolecular Hbond substituents is 2. The third-order valence-electron chi connectivity index (χ3n) is 5.12. The van der Waals surface area contributed by atoms with E-state index in [-0.39, 0.29) is 45.5 Å². The number of phenols is 2. The van der Waals surface area contributed by atoms with E-state index in [0.717, 1.165) is 0 Å². The molecule has 2 aromatic rings. The van der Waals surface area contributed by atoms with E-state index in [2.05, 4.69) is 10.2 Å². The Balaban J connectivity index is 2.11. The Bertz CT molecular complexity index is 1030. The number of ketones is 2. The normalized spacial score (nSPS) is 20.5. The van der Waals surface area contributed by atoms with E-state index in [1.165, 1.54) is 13.8 Å². The first kappa shape index (κ1) is 15.4. The number of hydrogen-bond acceptors (Lipinski definition) is 6. The molecule has 1 aromatic carbocycles. The van der Waals surface area contributed by atoms with Gasteiger partial charge >= 0.3 is 0 Å². The van der Waals surface area contributed by atoms with Crippen molar-refractivity contribution in [3.05, 3.63) is 39.4 Å². The van der Waals surface area contributed by atoms with E-state index in [1.807, 2.05) is 0 Å². The number of aromatic nitrogens is 2. The van der Waals surface area contributed by atoms with Gasteiger partial charge in [0.05, 0.1) is 16.8 Å². The Morgan fingerprint density at radius 3 is 2.60 bits per heavy atom. The standard InChI is InChI=1S/C18H16N2O5/c1-6-14(22)12(8(3)21)16-13(15(6)23)18(4)10(25-16)5-9-11(17(18)24)7(2)19-20-9/h5,22-23H,1-4H3,(H,19,20)/t18-/m0/s1. The van der Waals surface area contributed by atoms with Gasteiger partial charge in [0.25, 0.3) is 0 Å². The molecule has 7 nitrogen and oxygen atoms in total. The quantitative estimate of drug-likeness (QED) is 0.688. The smallest absolute Gasteiger partial charge is 0.185 e. The van der Waals surface area contributed by atoms with Gasteiger partial charge in [-0.25, -0.2) is 0 Å². The molecule has 0 amide bonds. The van der Waals surface area contributed by atoms with Gasteiger partial charge in [-0.3, -0.25) is 14.7 Å². The van der Waals surface area contributed by atoms with E-state index in [4.69, 9.17) is 4.74 Å². The number of aryl methyl sites for hydroxylation is 1. The highest BCUT2D eigenvalue weighted by Crippen LogP contribution is 2.58. The molecule has 1 aromatic heterocycles. The lowest BCUT2D eigenvalue weighted by atomic mass is 9.71. The van der Waals surface area contributed by atoms with E-state index in [1.54, 1.807) is 19.9 Å². The minimum Gasteiger partial charge on any atom is -0.507 e. The van der Waals surface area contributed by atoms with Gasteiger partial charge in [-0.1, -0.05) is 0 Å². The van der Waals surface area contributed by atoms with Gasteiger partial charge in [-0.15, -0.1) is 0 Å². The van der Waals surface area contributed by atoms with Gasteiger partial charge in [-0.05, 0) is 27.7 Å². The van der Waals surface area contributed by atoms with Crippen molar-refractivity contribution in [2.24, 2.45) is 0 Å². The molecule has 0 saturated heterocycles. The monoisotopic (exact) mass is 340 g/mol. The molecular weight excluding hydrogens is 324 g/mol. The van der Waals surface area contributed by atoms with E-state index in [9.17, 15) is 19.8 Å². The fourth-order valence-electron chi connectivity index (χ4n) is 3.67. The van der Waals surface area contributed by atoms with Crippen LogP contribution in [0.3, 0.4) is 0 Å². The second-order valence-electron chi connectivity index (χ2n) is 6.63. The maximum atomic E-state index is 13.3. The number of rotatable bonds is 1. The highest BCUT2D eigenvalue weighted by atomic mass is 16.5. The summed E-state index contributed by atoms with van der Waals surface area (Å²) in [7, 11) is 0. The molecule has 0 spiro atoms. The first-order valence-corrected chi connectivity index (χ1v) is 7.79. The number of fused-ring (bicyclic) bond motifs is 4. The van der Waals surface area contributed by atoms with Crippen molar-refractivity contribution in [3.8, 4) is 17.2 Å². The number of ether oxygens (including phenoxy) is 1. The zero-order valence-corrected chi connectivity index (χ0v) is 14.1. The minimum absolute atomic E-state index is 0.0296. The van der Waals surface area contributed by atoms with Crippen molar-refractivity contribution in [2.75, 3.05) is 0 Å². The van der Waals surface area contributed by atoms with Crippen molar-refractivity contribution < 1.29 is 24.5 Å². The van der Waals surface area contributed by atoms with Gasteiger partial charge in [0.15, 0.2) is 11.6 Å². The average Bonchev–Trinajstić information content (AvgIpc) is 3.04. The number of Topliss-reactive ketones (excluding diaryl/α,β-unsaturated/α-hetero) is 2. The third kappa shape index (κ3) is 1.62. The van der Waals surface area contributed by atoms with Crippen LogP contribution in [0.4, 0.5) is 0 Å². The van der Waals surface area contributed by atoms with Crippen molar-refractivity contribution in [1.29, 1.82) is 0 Å². The maximum absolute atomic E-state index is 13.3. The molecule has 2 heterocycles. The lowest BCUT2D eigenvalue weighted by Crippen LogP contribution is -2.35. The van der Waals surface area contributed by atoms with E-state index >= 15 is 0 Å². The number of aromatic amines is 1. The summed E-state index contributed by atoms with van der Waals surface area (Å²) in [6.07, 6.45) is 1.62. The van der Waals surface area contributed by atoms with Gasteiger partial charge in [0.1, 0.15) is 34.0 Å². The number of carbonyl (C=O) groups excluding carboxylic acids is 2. The van der Waals surface area contributed by atoms with Crippen molar-refractivity contribution in [2.45, 2.75) is 33.1 Å². The second kappa shape index (κ2) is 4.50. The lowest BCUT2D eigenvalue weighted by molar-refractivity contribution is 0.0905. The average molecular weight is 340 g/mol. The van der Waals surface area contributed by atoms with Crippen LogP contribution in [0.5, 0.6) is 17.2 Å². The first-order valence-electron chi connectivity index (χ1n) is 7.79. The third-order valence-corrected chi connectivity index (χ3v) is 5.12. The Morgan fingerprint density at radius 1 is 1.28 bits per heavy atom. The van der Waals surface area contributed by atoms with Crippen LogP contribution in [0.2, 0.25) is 0 Å². The second-order valence-corrected chi connectivity index (χ2v) is 6.63. The number of allylic oxidation sites excluding steroid dienone is 1. The van der Waals surface area contributed by atoms with Crippen LogP contribution >= 0.6 is 0 Å². The summed E-state index contributed by atoms with van der Waals surface area (Å²) in [4.78, 5) is 25.3. The predicted octanol–water partition coefficient (Wildman–Crippen LogP) is 2.53. The number of hydrogen-bond donors (Lipinski definition) is 3. The Hall–Kier alpha value is -3.09. The first-order chi connectivity index (χ1) is 11.7. The number of H-pyrrole nitrogens is 1. The molecule has 0 radical (unpaired) electrons. The molecule has 3 N–H and O–H groups in total. The molecule has 2 aliphatic rings. The molecule has 25 heavy (non-hydrogen) atoms. The summed E-state index contributed by atoms with van der Waals surface area (Å²) in [5.41, 5.74) is 0.513. The zero-order chi connectivity index (χ0) is 18.3. The van der Waals surface area contributed by atoms with Crippen molar-refractivity contribution >= 4 is 17.6 Å². The van der Waals surface area contributed by atoms with Gasteiger partial charge in [-0.2, -0.15) is 5.10 Å². The molecule has 0 fully saturated rings. The lowest BCUT2D eigenvalue weighted by Gasteiger charge is -2.27. The van der Waals surface area contributed by atoms with Gasteiger partial charge in [0, 0.05) is 17.3 Å². The largest absolute Gasteiger partial charge is 0.507 e.